The molecule has 0 saturated carbocycles. The molecule has 8 heteroatoms. The number of halogens is 2. The van der Waals surface area contributed by atoms with Crippen molar-refractivity contribution in [1.29, 1.82) is 0 Å². The Morgan fingerprint density at radius 1 is 1.20 bits per heavy atom. The second kappa shape index (κ2) is 9.54. The van der Waals surface area contributed by atoms with E-state index in [-0.39, 0.29) is 12.1 Å². The smallest absolute Gasteiger partial charge is 0.322 e. The number of benzene rings is 2. The lowest BCUT2D eigenvalue weighted by Gasteiger charge is -2.38. The zero-order valence-electron chi connectivity index (χ0n) is 16.5. The van der Waals surface area contributed by atoms with Crippen LogP contribution in [0.15, 0.2) is 42.5 Å². The van der Waals surface area contributed by atoms with Gasteiger partial charge in [-0.2, -0.15) is 0 Å². The van der Waals surface area contributed by atoms with Gasteiger partial charge in [0.15, 0.2) is 0 Å². The van der Waals surface area contributed by atoms with Crippen molar-refractivity contribution in [2.75, 3.05) is 31.6 Å². The van der Waals surface area contributed by atoms with E-state index in [4.69, 9.17) is 27.9 Å². The number of anilines is 1. The Labute approximate surface area is 186 Å². The van der Waals surface area contributed by atoms with Gasteiger partial charge in [0, 0.05) is 47.0 Å². The normalized spacial score (nSPS) is 24.7. The minimum absolute atomic E-state index is 0.00945. The Hall–Kier alpha value is -1.83. The zero-order chi connectivity index (χ0) is 21.1. The highest BCUT2D eigenvalue weighted by Crippen LogP contribution is 2.28. The molecule has 3 atom stereocenters. The molecule has 0 amide bonds. The molecule has 4 rings (SSSR count). The van der Waals surface area contributed by atoms with Crippen molar-refractivity contribution in [3.8, 4) is 0 Å². The maximum atomic E-state index is 11.5. The summed E-state index contributed by atoms with van der Waals surface area (Å²) in [6.07, 6.45) is 0.776. The van der Waals surface area contributed by atoms with E-state index < -0.39 is 12.0 Å². The average molecular weight is 450 g/mol. The highest BCUT2D eigenvalue weighted by atomic mass is 35.5. The van der Waals surface area contributed by atoms with Gasteiger partial charge in [0.1, 0.15) is 6.04 Å². The largest absolute Gasteiger partial charge is 0.480 e. The monoisotopic (exact) mass is 449 g/mol. The van der Waals surface area contributed by atoms with E-state index in [1.165, 1.54) is 0 Å². The number of nitrogens with one attached hydrogen (secondary N) is 2. The highest BCUT2D eigenvalue weighted by Gasteiger charge is 2.38. The fourth-order valence-corrected chi connectivity index (χ4v) is 4.75. The zero-order valence-corrected chi connectivity index (χ0v) is 18.0. The molecule has 0 aliphatic carbocycles. The lowest BCUT2D eigenvalue weighted by atomic mass is 10.0. The van der Waals surface area contributed by atoms with Crippen LogP contribution in [0.2, 0.25) is 10.0 Å². The van der Waals surface area contributed by atoms with E-state index in [9.17, 15) is 9.90 Å². The summed E-state index contributed by atoms with van der Waals surface area (Å²) >= 11 is 12.5. The Balaban J connectivity index is 1.38. The molecular weight excluding hydrogens is 425 g/mol. The molecule has 0 aromatic heterocycles. The number of carboxylic acid groups (broad SMARTS) is 1. The first-order chi connectivity index (χ1) is 14.5. The Kier molecular flexibility index (Phi) is 6.80. The highest BCUT2D eigenvalue weighted by molar-refractivity contribution is 6.36. The number of carboxylic acids is 1. The number of rotatable bonds is 6. The average Bonchev–Trinajstić information content (AvgIpc) is 3.24. The molecule has 2 fully saturated rings. The second-order valence-corrected chi connectivity index (χ2v) is 8.47. The summed E-state index contributed by atoms with van der Waals surface area (Å²) in [5, 5.41) is 17.2. The van der Waals surface area contributed by atoms with Gasteiger partial charge in [0.25, 0.3) is 0 Å². The van der Waals surface area contributed by atoms with Gasteiger partial charge in [-0.25, -0.2) is 0 Å². The summed E-state index contributed by atoms with van der Waals surface area (Å²) < 4.78 is 5.99. The second-order valence-electron chi connectivity index (χ2n) is 7.66. The molecule has 2 aromatic carbocycles. The third-order valence-corrected chi connectivity index (χ3v) is 6.54. The van der Waals surface area contributed by atoms with Crippen molar-refractivity contribution in [1.82, 2.24) is 10.2 Å². The summed E-state index contributed by atoms with van der Waals surface area (Å²) in [5.41, 5.74) is 2.92. The molecular formula is C22H25Cl2N3O3. The number of hydrogen-bond acceptors (Lipinski definition) is 5. The van der Waals surface area contributed by atoms with E-state index in [0.29, 0.717) is 29.7 Å². The standard InChI is InChI=1S/C22H25Cl2N3O3/c23-17-2-1-3-18(24)16(17)12-26-15-6-4-14(5-7-15)20-13-27(10-11-30-20)19-8-9-25-21(19)22(28)29/h1-7,19-21,25-26H,8-13H2,(H,28,29)/t19?,20?,21-/m0/s1. The quantitative estimate of drug-likeness (QED) is 0.622. The van der Waals surface area contributed by atoms with E-state index in [0.717, 1.165) is 36.3 Å². The van der Waals surface area contributed by atoms with Crippen molar-refractivity contribution in [3.05, 3.63) is 63.6 Å². The molecule has 2 heterocycles. The SMILES string of the molecule is O=C(O)[C@H]1NCCC1N1CCOC(c2ccc(NCc3c(Cl)cccc3Cl)cc2)C1. The molecule has 0 bridgehead atoms. The summed E-state index contributed by atoms with van der Waals surface area (Å²) in [6, 6.07) is 13.1. The summed E-state index contributed by atoms with van der Waals surface area (Å²) in [7, 11) is 0. The maximum Gasteiger partial charge on any atom is 0.322 e. The topological polar surface area (TPSA) is 73.8 Å². The lowest BCUT2D eigenvalue weighted by molar-refractivity contribution is -0.141. The molecule has 2 aromatic rings. The van der Waals surface area contributed by atoms with E-state index in [2.05, 4.69) is 15.5 Å². The Morgan fingerprint density at radius 2 is 1.93 bits per heavy atom. The van der Waals surface area contributed by atoms with Crippen molar-refractivity contribution in [2.24, 2.45) is 0 Å². The third-order valence-electron chi connectivity index (χ3n) is 5.84. The molecule has 2 unspecified atom stereocenters. The molecule has 30 heavy (non-hydrogen) atoms. The van der Waals surface area contributed by atoms with Crippen LogP contribution in [-0.4, -0.2) is 54.3 Å². The number of carbonyl (C=O) groups is 1. The predicted molar refractivity (Wildman–Crippen MR) is 118 cm³/mol. The first-order valence-electron chi connectivity index (χ1n) is 10.1. The van der Waals surface area contributed by atoms with E-state index in [1.54, 1.807) is 0 Å². The van der Waals surface area contributed by atoms with Gasteiger partial charge >= 0.3 is 5.97 Å². The molecule has 0 spiro atoms. The lowest BCUT2D eigenvalue weighted by Crippen LogP contribution is -2.52. The third kappa shape index (κ3) is 4.74. The summed E-state index contributed by atoms with van der Waals surface area (Å²) in [5.74, 6) is -0.783. The van der Waals surface area contributed by atoms with E-state index >= 15 is 0 Å². The van der Waals surface area contributed by atoms with Gasteiger partial charge in [0.2, 0.25) is 0 Å². The fraction of sp³-hybridized carbons (Fsp3) is 0.409. The molecule has 6 nitrogen and oxygen atoms in total. The van der Waals surface area contributed by atoms with Crippen LogP contribution in [0.3, 0.4) is 0 Å². The Morgan fingerprint density at radius 3 is 2.63 bits per heavy atom. The van der Waals surface area contributed by atoms with Crippen LogP contribution in [0.5, 0.6) is 0 Å². The van der Waals surface area contributed by atoms with Crippen molar-refractivity contribution in [2.45, 2.75) is 31.2 Å². The minimum atomic E-state index is -0.783. The van der Waals surface area contributed by atoms with Gasteiger partial charge in [-0.05, 0) is 42.8 Å². The fourth-order valence-electron chi connectivity index (χ4n) is 4.21. The van der Waals surface area contributed by atoms with Crippen LogP contribution in [0, 0.1) is 0 Å². The predicted octanol–water partition coefficient (Wildman–Crippen LogP) is 3.79. The van der Waals surface area contributed by atoms with Crippen LogP contribution in [0.4, 0.5) is 5.69 Å². The van der Waals surface area contributed by atoms with Gasteiger partial charge < -0.3 is 20.5 Å². The molecule has 3 N–H and O–H groups in total. The van der Waals surface area contributed by atoms with E-state index in [1.807, 2.05) is 42.5 Å². The number of hydrogen-bond donors (Lipinski definition) is 3. The number of aliphatic carboxylic acids is 1. The molecule has 2 aliphatic heterocycles. The summed E-state index contributed by atoms with van der Waals surface area (Å²) in [4.78, 5) is 13.8. The van der Waals surface area contributed by atoms with Gasteiger partial charge in [-0.1, -0.05) is 41.4 Å². The molecule has 160 valence electrons. The van der Waals surface area contributed by atoms with Crippen molar-refractivity contribution < 1.29 is 14.6 Å². The van der Waals surface area contributed by atoms with Crippen LogP contribution in [0.25, 0.3) is 0 Å². The molecule has 0 radical (unpaired) electrons. The maximum absolute atomic E-state index is 11.5. The number of morpholine rings is 1. The van der Waals surface area contributed by atoms with Crippen LogP contribution in [0.1, 0.15) is 23.7 Å². The first kappa shape index (κ1) is 21.4. The van der Waals surface area contributed by atoms with Crippen LogP contribution < -0.4 is 10.6 Å². The van der Waals surface area contributed by atoms with Crippen LogP contribution >= 0.6 is 23.2 Å². The summed E-state index contributed by atoms with van der Waals surface area (Å²) in [6.45, 7) is 3.32. The van der Waals surface area contributed by atoms with Crippen LogP contribution in [-0.2, 0) is 16.1 Å². The van der Waals surface area contributed by atoms with Crippen molar-refractivity contribution in [3.63, 3.8) is 0 Å². The van der Waals surface area contributed by atoms with Crippen molar-refractivity contribution >= 4 is 34.9 Å². The number of nitrogens with zero attached hydrogens (tertiary/aromatic N) is 1. The van der Waals surface area contributed by atoms with Gasteiger partial charge in [-0.3, -0.25) is 9.69 Å². The van der Waals surface area contributed by atoms with Gasteiger partial charge in [0.05, 0.1) is 12.7 Å². The first-order valence-corrected chi connectivity index (χ1v) is 10.9. The number of ether oxygens (including phenoxy) is 1. The molecule has 2 aliphatic rings. The Bertz CT molecular complexity index is 873. The van der Waals surface area contributed by atoms with Gasteiger partial charge in [-0.15, -0.1) is 0 Å². The molecule has 2 saturated heterocycles. The minimum Gasteiger partial charge on any atom is -0.480 e.